The lowest BCUT2D eigenvalue weighted by atomic mass is 10.1. The summed E-state index contributed by atoms with van der Waals surface area (Å²) in [5.74, 6) is 1.32. The van der Waals surface area contributed by atoms with Gasteiger partial charge in [0, 0.05) is 12.7 Å². The number of nitrogens with zero attached hydrogens (tertiary/aromatic N) is 1. The second-order valence-electron chi connectivity index (χ2n) is 6.00. The zero-order valence-electron chi connectivity index (χ0n) is 15.1. The van der Waals surface area contributed by atoms with Gasteiger partial charge < -0.3 is 21.1 Å². The van der Waals surface area contributed by atoms with E-state index in [4.69, 9.17) is 10.5 Å². The van der Waals surface area contributed by atoms with E-state index in [9.17, 15) is 4.79 Å². The van der Waals surface area contributed by atoms with Gasteiger partial charge in [-0.1, -0.05) is 24.3 Å². The number of nitrogens with two attached hydrogens (primary N) is 1. The minimum Gasteiger partial charge on any atom is -0.497 e. The van der Waals surface area contributed by atoms with Crippen LogP contribution in [-0.2, 0) is 6.42 Å². The van der Waals surface area contributed by atoms with Crippen molar-refractivity contribution in [3.8, 4) is 5.75 Å². The Morgan fingerprint density at radius 2 is 1.85 bits per heavy atom. The van der Waals surface area contributed by atoms with Crippen molar-refractivity contribution in [2.45, 2.75) is 6.42 Å². The van der Waals surface area contributed by atoms with E-state index in [-0.39, 0.29) is 5.91 Å². The number of ether oxygens (including phenoxy) is 1. The molecule has 6 heteroatoms. The van der Waals surface area contributed by atoms with Crippen LogP contribution < -0.4 is 21.1 Å². The third-order valence-electron chi connectivity index (χ3n) is 4.11. The molecule has 2 aromatic carbocycles. The summed E-state index contributed by atoms with van der Waals surface area (Å²) in [7, 11) is 1.65. The molecular formula is C21H22N4O2. The minimum absolute atomic E-state index is 0.245. The molecule has 6 nitrogen and oxygen atoms in total. The molecule has 0 atom stereocenters. The molecule has 0 bridgehead atoms. The molecule has 0 aliphatic rings. The van der Waals surface area contributed by atoms with Gasteiger partial charge in [-0.2, -0.15) is 0 Å². The van der Waals surface area contributed by atoms with E-state index in [1.54, 1.807) is 37.6 Å². The van der Waals surface area contributed by atoms with E-state index in [1.165, 1.54) is 5.56 Å². The summed E-state index contributed by atoms with van der Waals surface area (Å²) in [5.41, 5.74) is 8.63. The molecule has 1 amide bonds. The maximum absolute atomic E-state index is 12.3. The molecule has 27 heavy (non-hydrogen) atoms. The second-order valence-corrected chi connectivity index (χ2v) is 6.00. The van der Waals surface area contributed by atoms with Crippen LogP contribution in [0.15, 0.2) is 66.9 Å². The average molecular weight is 362 g/mol. The molecule has 1 heterocycles. The van der Waals surface area contributed by atoms with E-state index in [2.05, 4.69) is 15.6 Å². The van der Waals surface area contributed by atoms with Gasteiger partial charge >= 0.3 is 0 Å². The fourth-order valence-electron chi connectivity index (χ4n) is 2.57. The molecule has 0 spiro atoms. The van der Waals surface area contributed by atoms with Gasteiger partial charge in [0.15, 0.2) is 0 Å². The van der Waals surface area contributed by atoms with Gasteiger partial charge in [-0.3, -0.25) is 4.79 Å². The predicted octanol–water partition coefficient (Wildman–Crippen LogP) is 3.58. The standard InChI is InChI=1S/C21H22N4O2/c1-27-17-9-6-15(7-10-17)12-13-23-20-11-8-16(14-24-20)21(26)25-19-5-3-2-4-18(19)22/h2-11,14H,12-13,22H2,1H3,(H,23,24)(H,25,26). The number of methoxy groups -OCH3 is 1. The Morgan fingerprint density at radius 3 is 2.52 bits per heavy atom. The van der Waals surface area contributed by atoms with Gasteiger partial charge in [0.05, 0.1) is 24.0 Å². The highest BCUT2D eigenvalue weighted by Gasteiger charge is 2.08. The first-order chi connectivity index (χ1) is 13.2. The molecule has 0 unspecified atom stereocenters. The molecule has 4 N–H and O–H groups in total. The number of carbonyl (C=O) groups excluding carboxylic acids is 1. The molecule has 0 fully saturated rings. The van der Waals surface area contributed by atoms with Crippen LogP contribution in [0.4, 0.5) is 17.2 Å². The number of carbonyl (C=O) groups is 1. The number of anilines is 3. The number of hydrogen-bond acceptors (Lipinski definition) is 5. The smallest absolute Gasteiger partial charge is 0.257 e. The molecule has 3 aromatic rings. The summed E-state index contributed by atoms with van der Waals surface area (Å²) in [4.78, 5) is 16.6. The van der Waals surface area contributed by atoms with Crippen LogP contribution in [0.3, 0.4) is 0 Å². The van der Waals surface area contributed by atoms with Crippen molar-refractivity contribution in [1.82, 2.24) is 4.98 Å². The fraction of sp³-hybridized carbons (Fsp3) is 0.143. The Labute approximate surface area is 158 Å². The number of rotatable bonds is 7. The van der Waals surface area contributed by atoms with E-state index in [1.807, 2.05) is 36.4 Å². The number of benzene rings is 2. The highest BCUT2D eigenvalue weighted by molar-refractivity contribution is 6.05. The van der Waals surface area contributed by atoms with Crippen LogP contribution in [-0.4, -0.2) is 24.5 Å². The molecule has 0 aliphatic heterocycles. The molecule has 0 saturated heterocycles. The molecule has 1 aromatic heterocycles. The summed E-state index contributed by atoms with van der Waals surface area (Å²) in [6.07, 6.45) is 2.41. The molecule has 0 aliphatic carbocycles. The Morgan fingerprint density at radius 1 is 1.07 bits per heavy atom. The van der Waals surface area contributed by atoms with Gasteiger partial charge in [0.1, 0.15) is 11.6 Å². The first kappa shape index (κ1) is 18.3. The lowest BCUT2D eigenvalue weighted by Crippen LogP contribution is -2.14. The maximum atomic E-state index is 12.3. The summed E-state index contributed by atoms with van der Waals surface area (Å²) in [6, 6.07) is 18.6. The van der Waals surface area contributed by atoms with Crippen molar-refractivity contribution in [3.63, 3.8) is 0 Å². The number of pyridine rings is 1. The van der Waals surface area contributed by atoms with Crippen LogP contribution in [0.2, 0.25) is 0 Å². The first-order valence-electron chi connectivity index (χ1n) is 8.64. The monoisotopic (exact) mass is 362 g/mol. The lowest BCUT2D eigenvalue weighted by Gasteiger charge is -2.09. The van der Waals surface area contributed by atoms with Gasteiger partial charge in [-0.15, -0.1) is 0 Å². The second kappa shape index (κ2) is 8.71. The number of para-hydroxylation sites is 2. The van der Waals surface area contributed by atoms with Crippen LogP contribution in [0.1, 0.15) is 15.9 Å². The van der Waals surface area contributed by atoms with Crippen molar-refractivity contribution in [3.05, 3.63) is 78.0 Å². The van der Waals surface area contributed by atoms with Crippen LogP contribution in [0, 0.1) is 0 Å². The van der Waals surface area contributed by atoms with Gasteiger partial charge in [0.2, 0.25) is 0 Å². The fourth-order valence-corrected chi connectivity index (χ4v) is 2.57. The Kier molecular flexibility index (Phi) is 5.89. The molecule has 0 radical (unpaired) electrons. The van der Waals surface area contributed by atoms with Crippen LogP contribution in [0.5, 0.6) is 5.75 Å². The third-order valence-corrected chi connectivity index (χ3v) is 4.11. The predicted molar refractivity (Wildman–Crippen MR) is 108 cm³/mol. The summed E-state index contributed by atoms with van der Waals surface area (Å²) in [6.45, 7) is 0.741. The van der Waals surface area contributed by atoms with Gasteiger partial charge in [-0.05, 0) is 48.4 Å². The molecule has 0 saturated carbocycles. The highest BCUT2D eigenvalue weighted by Crippen LogP contribution is 2.18. The number of amides is 1. The quantitative estimate of drug-likeness (QED) is 0.559. The minimum atomic E-state index is -0.245. The maximum Gasteiger partial charge on any atom is 0.257 e. The van der Waals surface area contributed by atoms with Gasteiger partial charge in [-0.25, -0.2) is 4.98 Å². The van der Waals surface area contributed by atoms with Crippen molar-refractivity contribution in [2.75, 3.05) is 30.0 Å². The summed E-state index contributed by atoms with van der Waals surface area (Å²) < 4.78 is 5.15. The highest BCUT2D eigenvalue weighted by atomic mass is 16.5. The number of nitrogens with one attached hydrogen (secondary N) is 2. The van der Waals surface area contributed by atoms with Crippen LogP contribution in [0.25, 0.3) is 0 Å². The zero-order chi connectivity index (χ0) is 19.1. The SMILES string of the molecule is COc1ccc(CCNc2ccc(C(=O)Nc3ccccc3N)cn2)cc1. The van der Waals surface area contributed by atoms with Crippen molar-refractivity contribution < 1.29 is 9.53 Å². The van der Waals surface area contributed by atoms with Gasteiger partial charge in [0.25, 0.3) is 5.91 Å². The zero-order valence-corrected chi connectivity index (χ0v) is 15.1. The van der Waals surface area contributed by atoms with E-state index >= 15 is 0 Å². The summed E-state index contributed by atoms with van der Waals surface area (Å²) in [5, 5.41) is 6.04. The van der Waals surface area contributed by atoms with E-state index < -0.39 is 0 Å². The molecule has 3 rings (SSSR count). The normalized spacial score (nSPS) is 10.3. The van der Waals surface area contributed by atoms with Crippen LogP contribution >= 0.6 is 0 Å². The Balaban J connectivity index is 1.52. The Bertz CT molecular complexity index is 893. The van der Waals surface area contributed by atoms with Crippen molar-refractivity contribution in [1.29, 1.82) is 0 Å². The van der Waals surface area contributed by atoms with Crippen molar-refractivity contribution >= 4 is 23.1 Å². The number of aromatic nitrogens is 1. The molecule has 138 valence electrons. The largest absolute Gasteiger partial charge is 0.497 e. The van der Waals surface area contributed by atoms with E-state index in [0.29, 0.717) is 16.9 Å². The first-order valence-corrected chi connectivity index (χ1v) is 8.64. The third kappa shape index (κ3) is 4.98. The topological polar surface area (TPSA) is 89.3 Å². The average Bonchev–Trinajstić information content (AvgIpc) is 2.71. The van der Waals surface area contributed by atoms with Crippen molar-refractivity contribution in [2.24, 2.45) is 0 Å². The number of hydrogen-bond donors (Lipinski definition) is 3. The Hall–Kier alpha value is -3.54. The number of nitrogen functional groups attached to an aromatic ring is 1. The summed E-state index contributed by atoms with van der Waals surface area (Å²) >= 11 is 0. The lowest BCUT2D eigenvalue weighted by molar-refractivity contribution is 0.102. The van der Waals surface area contributed by atoms with E-state index in [0.717, 1.165) is 24.5 Å². The molecular weight excluding hydrogens is 340 g/mol.